The molecule has 0 atom stereocenters. The number of aliphatic carboxylic acids is 1. The standard InChI is InChI=1S/C7H12O3/c8-6-4-2-1-3-5-7(9)10/h6H,1-5H2,(H,9,10)/p-1. The number of aldehydes is 1. The summed E-state index contributed by atoms with van der Waals surface area (Å²) in [5.41, 5.74) is 0. The summed E-state index contributed by atoms with van der Waals surface area (Å²) in [5.74, 6) is -1.01. The molecule has 0 saturated heterocycles. The Morgan fingerprint density at radius 3 is 2.50 bits per heavy atom. The first kappa shape index (κ1) is 9.14. The quantitative estimate of drug-likeness (QED) is 0.385. The summed E-state index contributed by atoms with van der Waals surface area (Å²) in [6, 6.07) is 0. The summed E-state index contributed by atoms with van der Waals surface area (Å²) in [6.45, 7) is 0. The van der Waals surface area contributed by atoms with Gasteiger partial charge in [-0.2, -0.15) is 0 Å². The predicted molar refractivity (Wildman–Crippen MR) is 34.2 cm³/mol. The van der Waals surface area contributed by atoms with Crippen LogP contribution in [0.5, 0.6) is 0 Å². The molecule has 3 heteroatoms. The van der Waals surface area contributed by atoms with E-state index in [-0.39, 0.29) is 6.42 Å². The molecule has 0 aromatic carbocycles. The van der Waals surface area contributed by atoms with Gasteiger partial charge < -0.3 is 14.7 Å². The zero-order chi connectivity index (χ0) is 7.82. The summed E-state index contributed by atoms with van der Waals surface area (Å²) in [7, 11) is 0. The smallest absolute Gasteiger partial charge is 0.119 e. The average Bonchev–Trinajstić information content (AvgIpc) is 1.87. The molecular weight excluding hydrogens is 132 g/mol. The lowest BCUT2D eigenvalue weighted by atomic mass is 10.1. The van der Waals surface area contributed by atoms with Crippen molar-refractivity contribution in [3.8, 4) is 0 Å². The maximum Gasteiger partial charge on any atom is 0.119 e. The highest BCUT2D eigenvalue weighted by atomic mass is 16.4. The molecule has 0 aromatic heterocycles. The first-order valence-electron chi connectivity index (χ1n) is 3.41. The molecule has 0 aromatic rings. The van der Waals surface area contributed by atoms with Gasteiger partial charge in [0.05, 0.1) is 0 Å². The van der Waals surface area contributed by atoms with Gasteiger partial charge in [-0.05, 0) is 19.3 Å². The Kier molecular flexibility index (Phi) is 5.72. The molecular formula is C7H11O3-. The van der Waals surface area contributed by atoms with E-state index in [4.69, 9.17) is 0 Å². The van der Waals surface area contributed by atoms with Gasteiger partial charge in [0.1, 0.15) is 6.29 Å². The highest BCUT2D eigenvalue weighted by molar-refractivity contribution is 5.64. The van der Waals surface area contributed by atoms with Crippen molar-refractivity contribution in [2.24, 2.45) is 0 Å². The zero-order valence-corrected chi connectivity index (χ0v) is 5.84. The van der Waals surface area contributed by atoms with Gasteiger partial charge in [0.2, 0.25) is 0 Å². The molecule has 10 heavy (non-hydrogen) atoms. The molecule has 3 nitrogen and oxygen atoms in total. The van der Waals surface area contributed by atoms with Crippen LogP contribution in [0, 0.1) is 0 Å². The summed E-state index contributed by atoms with van der Waals surface area (Å²) in [5, 5.41) is 9.85. The minimum atomic E-state index is -1.01. The number of carbonyl (C=O) groups is 2. The molecule has 0 N–H and O–H groups in total. The number of carboxylic acid groups (broad SMARTS) is 1. The number of hydrogen-bond acceptors (Lipinski definition) is 3. The molecule has 0 aliphatic carbocycles. The second-order valence-corrected chi connectivity index (χ2v) is 2.14. The van der Waals surface area contributed by atoms with Crippen LogP contribution in [0.4, 0.5) is 0 Å². The van der Waals surface area contributed by atoms with Gasteiger partial charge in [-0.3, -0.25) is 0 Å². The first-order valence-corrected chi connectivity index (χ1v) is 3.41. The van der Waals surface area contributed by atoms with E-state index in [1.165, 1.54) is 0 Å². The number of carbonyl (C=O) groups excluding carboxylic acids is 2. The van der Waals surface area contributed by atoms with Crippen molar-refractivity contribution >= 4 is 12.3 Å². The van der Waals surface area contributed by atoms with Crippen LogP contribution in [-0.2, 0) is 9.59 Å². The molecule has 0 radical (unpaired) electrons. The van der Waals surface area contributed by atoms with E-state index in [2.05, 4.69) is 0 Å². The van der Waals surface area contributed by atoms with Gasteiger partial charge >= 0.3 is 0 Å². The average molecular weight is 143 g/mol. The third-order valence-corrected chi connectivity index (χ3v) is 1.20. The third kappa shape index (κ3) is 7.14. The van der Waals surface area contributed by atoms with Crippen LogP contribution in [0.2, 0.25) is 0 Å². The normalized spacial score (nSPS) is 9.20. The summed E-state index contributed by atoms with van der Waals surface area (Å²) in [4.78, 5) is 19.6. The summed E-state index contributed by atoms with van der Waals surface area (Å²) in [6.07, 6.45) is 3.70. The largest absolute Gasteiger partial charge is 0.550 e. The van der Waals surface area contributed by atoms with Crippen LogP contribution in [-0.4, -0.2) is 12.3 Å². The SMILES string of the molecule is O=CCCCCCC(=O)[O-]. The number of rotatable bonds is 6. The Balaban J connectivity index is 2.90. The Morgan fingerprint density at radius 2 is 2.00 bits per heavy atom. The van der Waals surface area contributed by atoms with Crippen molar-refractivity contribution in [3.63, 3.8) is 0 Å². The van der Waals surface area contributed by atoms with Crippen LogP contribution in [0.3, 0.4) is 0 Å². The van der Waals surface area contributed by atoms with Crippen molar-refractivity contribution in [1.82, 2.24) is 0 Å². The number of unbranched alkanes of at least 4 members (excludes halogenated alkanes) is 3. The molecule has 0 aliphatic heterocycles. The van der Waals surface area contributed by atoms with Crippen molar-refractivity contribution in [3.05, 3.63) is 0 Å². The van der Waals surface area contributed by atoms with Crippen LogP contribution in [0.15, 0.2) is 0 Å². The van der Waals surface area contributed by atoms with E-state index in [0.717, 1.165) is 19.1 Å². The lowest BCUT2D eigenvalue weighted by Crippen LogP contribution is -2.21. The molecule has 0 spiro atoms. The van der Waals surface area contributed by atoms with E-state index in [1.807, 2.05) is 0 Å². The van der Waals surface area contributed by atoms with Crippen LogP contribution >= 0.6 is 0 Å². The molecule has 0 heterocycles. The Labute approximate surface area is 60.0 Å². The van der Waals surface area contributed by atoms with E-state index in [0.29, 0.717) is 12.8 Å². The molecule has 0 bridgehead atoms. The maximum absolute atomic E-state index is 9.85. The highest BCUT2D eigenvalue weighted by Crippen LogP contribution is 1.99. The predicted octanol–water partition coefficient (Wildman–Crippen LogP) is -0.114. The lowest BCUT2D eigenvalue weighted by Gasteiger charge is -1.98. The fourth-order valence-electron chi connectivity index (χ4n) is 0.674. The first-order chi connectivity index (χ1) is 4.77. The van der Waals surface area contributed by atoms with Gasteiger partial charge in [-0.15, -0.1) is 0 Å². The van der Waals surface area contributed by atoms with Crippen molar-refractivity contribution in [1.29, 1.82) is 0 Å². The second-order valence-electron chi connectivity index (χ2n) is 2.14. The molecule has 0 unspecified atom stereocenters. The lowest BCUT2D eigenvalue weighted by molar-refractivity contribution is -0.305. The minimum absolute atomic E-state index is 0.110. The molecule has 0 aliphatic rings. The topological polar surface area (TPSA) is 57.2 Å². The van der Waals surface area contributed by atoms with E-state index in [1.54, 1.807) is 0 Å². The van der Waals surface area contributed by atoms with Crippen molar-refractivity contribution in [2.45, 2.75) is 32.1 Å². The van der Waals surface area contributed by atoms with Crippen LogP contribution in [0.25, 0.3) is 0 Å². The molecule has 0 saturated carbocycles. The summed E-state index contributed by atoms with van der Waals surface area (Å²) >= 11 is 0. The summed E-state index contributed by atoms with van der Waals surface area (Å²) < 4.78 is 0. The van der Waals surface area contributed by atoms with Gasteiger partial charge in [0.25, 0.3) is 0 Å². The van der Waals surface area contributed by atoms with Gasteiger partial charge in [-0.25, -0.2) is 0 Å². The van der Waals surface area contributed by atoms with Crippen molar-refractivity contribution < 1.29 is 14.7 Å². The molecule has 0 amide bonds. The number of hydrogen-bond donors (Lipinski definition) is 0. The Morgan fingerprint density at radius 1 is 1.30 bits per heavy atom. The molecule has 0 rings (SSSR count). The van der Waals surface area contributed by atoms with Gasteiger partial charge in [0.15, 0.2) is 0 Å². The van der Waals surface area contributed by atoms with E-state index >= 15 is 0 Å². The van der Waals surface area contributed by atoms with Gasteiger partial charge in [0, 0.05) is 12.4 Å². The van der Waals surface area contributed by atoms with E-state index < -0.39 is 5.97 Å². The van der Waals surface area contributed by atoms with Crippen molar-refractivity contribution in [2.75, 3.05) is 0 Å². The third-order valence-electron chi connectivity index (χ3n) is 1.20. The zero-order valence-electron chi connectivity index (χ0n) is 5.84. The fraction of sp³-hybridized carbons (Fsp3) is 0.714. The van der Waals surface area contributed by atoms with Gasteiger partial charge in [-0.1, -0.05) is 6.42 Å². The van der Waals surface area contributed by atoms with E-state index in [9.17, 15) is 14.7 Å². The van der Waals surface area contributed by atoms with Crippen LogP contribution in [0.1, 0.15) is 32.1 Å². The molecule has 58 valence electrons. The maximum atomic E-state index is 9.85. The number of carboxylic acids is 1. The monoisotopic (exact) mass is 143 g/mol. The highest BCUT2D eigenvalue weighted by Gasteiger charge is 1.88. The molecule has 0 fully saturated rings. The fourth-order valence-corrected chi connectivity index (χ4v) is 0.674. The Bertz CT molecular complexity index is 109. The minimum Gasteiger partial charge on any atom is -0.550 e. The van der Waals surface area contributed by atoms with Crippen LogP contribution < -0.4 is 5.11 Å². The second kappa shape index (κ2) is 6.26. The Hall–Kier alpha value is -0.860.